The molecule has 1 aliphatic rings. The van der Waals surface area contributed by atoms with Crippen LogP contribution in [0.2, 0.25) is 5.02 Å². The van der Waals surface area contributed by atoms with Crippen molar-refractivity contribution in [3.63, 3.8) is 0 Å². The summed E-state index contributed by atoms with van der Waals surface area (Å²) in [5.41, 5.74) is 1.70. The Morgan fingerprint density at radius 1 is 0.950 bits per heavy atom. The lowest BCUT2D eigenvalue weighted by atomic mass is 9.95. The van der Waals surface area contributed by atoms with E-state index in [9.17, 15) is 14.7 Å². The Labute approximate surface area is 241 Å². The molecule has 206 valence electrons. The SMILES string of the molecule is CCCCOc1ccc(C2C(=C(O)c3ccc(OCCC)cc3)C(=O)C(=O)N2c2nc3ccc(Cl)cc3s2)cc1. The van der Waals surface area contributed by atoms with E-state index in [4.69, 9.17) is 21.1 Å². The van der Waals surface area contributed by atoms with Crippen molar-refractivity contribution in [2.75, 3.05) is 18.1 Å². The maximum Gasteiger partial charge on any atom is 0.301 e. The van der Waals surface area contributed by atoms with Gasteiger partial charge in [0.1, 0.15) is 17.3 Å². The average Bonchev–Trinajstić information content (AvgIpc) is 3.49. The topological polar surface area (TPSA) is 89.0 Å². The lowest BCUT2D eigenvalue weighted by Gasteiger charge is -2.23. The molecule has 4 aromatic rings. The first-order chi connectivity index (χ1) is 19.4. The van der Waals surface area contributed by atoms with Crippen molar-refractivity contribution >= 4 is 55.7 Å². The maximum atomic E-state index is 13.5. The highest BCUT2D eigenvalue weighted by Gasteiger charge is 2.48. The van der Waals surface area contributed by atoms with E-state index in [0.717, 1.165) is 24.0 Å². The summed E-state index contributed by atoms with van der Waals surface area (Å²) in [4.78, 5) is 33.0. The van der Waals surface area contributed by atoms with E-state index in [1.807, 2.05) is 31.2 Å². The Kier molecular flexibility index (Phi) is 8.38. The quantitative estimate of drug-likeness (QED) is 0.0907. The van der Waals surface area contributed by atoms with Crippen LogP contribution in [0.15, 0.2) is 72.3 Å². The van der Waals surface area contributed by atoms with E-state index in [1.54, 1.807) is 42.5 Å². The van der Waals surface area contributed by atoms with Crippen LogP contribution in [0.4, 0.5) is 5.13 Å². The molecule has 5 rings (SSSR count). The number of aromatic nitrogens is 1. The fourth-order valence-electron chi connectivity index (χ4n) is 4.50. The fourth-order valence-corrected chi connectivity index (χ4v) is 5.77. The number of benzene rings is 3. The smallest absolute Gasteiger partial charge is 0.301 e. The predicted octanol–water partition coefficient (Wildman–Crippen LogP) is 7.54. The molecule has 1 amide bonds. The van der Waals surface area contributed by atoms with Gasteiger partial charge < -0.3 is 14.6 Å². The van der Waals surface area contributed by atoms with Gasteiger partial charge in [0.25, 0.3) is 5.78 Å². The van der Waals surface area contributed by atoms with E-state index in [-0.39, 0.29) is 11.3 Å². The highest BCUT2D eigenvalue weighted by atomic mass is 35.5. The third-order valence-electron chi connectivity index (χ3n) is 6.55. The molecule has 1 saturated heterocycles. The molecule has 0 bridgehead atoms. The summed E-state index contributed by atoms with van der Waals surface area (Å²) >= 11 is 7.44. The summed E-state index contributed by atoms with van der Waals surface area (Å²) in [7, 11) is 0. The van der Waals surface area contributed by atoms with E-state index in [1.165, 1.54) is 16.2 Å². The normalized spacial score (nSPS) is 16.6. The molecule has 0 radical (unpaired) electrons. The summed E-state index contributed by atoms with van der Waals surface area (Å²) in [6.07, 6.45) is 2.82. The van der Waals surface area contributed by atoms with Gasteiger partial charge in [-0.25, -0.2) is 4.98 Å². The van der Waals surface area contributed by atoms with E-state index in [0.29, 0.717) is 51.5 Å². The first-order valence-electron chi connectivity index (χ1n) is 13.2. The monoisotopic (exact) mass is 576 g/mol. The molecule has 1 N–H and O–H groups in total. The molecule has 2 heterocycles. The zero-order valence-corrected chi connectivity index (χ0v) is 23.8. The van der Waals surface area contributed by atoms with Gasteiger partial charge in [0.05, 0.1) is 35.0 Å². The number of amides is 1. The number of thiazole rings is 1. The number of unbranched alkanes of at least 4 members (excludes halogenated alkanes) is 1. The van der Waals surface area contributed by atoms with Crippen LogP contribution in [0, 0.1) is 0 Å². The number of rotatable bonds is 10. The highest BCUT2D eigenvalue weighted by Crippen LogP contribution is 2.44. The minimum absolute atomic E-state index is 0.0100. The number of carbonyl (C=O) groups is 2. The van der Waals surface area contributed by atoms with E-state index >= 15 is 0 Å². The van der Waals surface area contributed by atoms with Gasteiger partial charge in [0.15, 0.2) is 5.13 Å². The number of nitrogens with zero attached hydrogens (tertiary/aromatic N) is 2. The second kappa shape index (κ2) is 12.1. The number of ketones is 1. The summed E-state index contributed by atoms with van der Waals surface area (Å²) < 4.78 is 12.2. The number of carbonyl (C=O) groups excluding carboxylic acids is 2. The van der Waals surface area contributed by atoms with Gasteiger partial charge >= 0.3 is 5.91 Å². The number of hydrogen-bond donors (Lipinski definition) is 1. The first-order valence-corrected chi connectivity index (χ1v) is 14.4. The van der Waals surface area contributed by atoms with Crippen molar-refractivity contribution in [1.82, 2.24) is 4.98 Å². The summed E-state index contributed by atoms with van der Waals surface area (Å²) in [6, 6.07) is 18.4. The number of anilines is 1. The first kappa shape index (κ1) is 27.7. The molecule has 0 spiro atoms. The van der Waals surface area contributed by atoms with Crippen LogP contribution in [0.1, 0.15) is 50.3 Å². The predicted molar refractivity (Wildman–Crippen MR) is 158 cm³/mol. The number of halogens is 1. The molecule has 1 fully saturated rings. The van der Waals surface area contributed by atoms with Crippen molar-refractivity contribution in [1.29, 1.82) is 0 Å². The van der Waals surface area contributed by atoms with Gasteiger partial charge in [-0.15, -0.1) is 0 Å². The molecule has 7 nitrogen and oxygen atoms in total. The minimum Gasteiger partial charge on any atom is -0.507 e. The standard InChI is InChI=1S/C31H29ClN2O5S/c1-3-5-17-39-23-11-6-19(7-12-23)27-26(28(35)20-8-13-22(14-9-20)38-16-4-2)29(36)30(37)34(27)31-33-24-15-10-21(32)18-25(24)40-31/h6-15,18,27,35H,3-5,16-17H2,1-2H3. The molecule has 9 heteroatoms. The van der Waals surface area contributed by atoms with Crippen LogP contribution in [-0.2, 0) is 9.59 Å². The van der Waals surface area contributed by atoms with Gasteiger partial charge in [-0.05, 0) is 73.0 Å². The third-order valence-corrected chi connectivity index (χ3v) is 7.81. The highest BCUT2D eigenvalue weighted by molar-refractivity contribution is 7.22. The Balaban J connectivity index is 1.59. The lowest BCUT2D eigenvalue weighted by molar-refractivity contribution is -0.132. The molecule has 0 saturated carbocycles. The van der Waals surface area contributed by atoms with E-state index < -0.39 is 17.7 Å². The van der Waals surface area contributed by atoms with Crippen molar-refractivity contribution < 1.29 is 24.2 Å². The summed E-state index contributed by atoms with van der Waals surface area (Å²) in [5.74, 6) is -0.466. The van der Waals surface area contributed by atoms with Gasteiger partial charge in [-0.3, -0.25) is 14.5 Å². The van der Waals surface area contributed by atoms with Crippen LogP contribution in [0.3, 0.4) is 0 Å². The number of aliphatic hydroxyl groups is 1. The van der Waals surface area contributed by atoms with Crippen LogP contribution < -0.4 is 14.4 Å². The second-order valence-corrected chi connectivity index (χ2v) is 10.9. The Bertz CT molecular complexity index is 1560. The molecule has 1 atom stereocenters. The fraction of sp³-hybridized carbons (Fsp3) is 0.258. The molecule has 1 aliphatic heterocycles. The minimum atomic E-state index is -0.892. The van der Waals surface area contributed by atoms with Crippen molar-refractivity contribution in [3.8, 4) is 11.5 Å². The lowest BCUT2D eigenvalue weighted by Crippen LogP contribution is -2.29. The van der Waals surface area contributed by atoms with E-state index in [2.05, 4.69) is 11.9 Å². The number of aliphatic hydroxyl groups excluding tert-OH is 1. The summed E-state index contributed by atoms with van der Waals surface area (Å²) in [6.45, 7) is 5.28. The average molecular weight is 577 g/mol. The van der Waals surface area contributed by atoms with Crippen molar-refractivity contribution in [2.45, 2.75) is 39.2 Å². The molecule has 1 unspecified atom stereocenters. The number of hydrogen-bond acceptors (Lipinski definition) is 7. The zero-order valence-electron chi connectivity index (χ0n) is 22.2. The van der Waals surface area contributed by atoms with Crippen molar-refractivity contribution in [2.24, 2.45) is 0 Å². The van der Waals surface area contributed by atoms with Crippen molar-refractivity contribution in [3.05, 3.63) is 88.5 Å². The third kappa shape index (κ3) is 5.55. The van der Waals surface area contributed by atoms with Crippen LogP contribution in [0.25, 0.3) is 16.0 Å². The van der Waals surface area contributed by atoms with Gasteiger partial charge in [0.2, 0.25) is 0 Å². The molecule has 0 aliphatic carbocycles. The maximum absolute atomic E-state index is 13.5. The van der Waals surface area contributed by atoms with Gasteiger partial charge in [-0.2, -0.15) is 0 Å². The number of fused-ring (bicyclic) bond motifs is 1. The number of Topliss-reactive ketones (excluding diaryl/α,β-unsaturated/α-hetero) is 1. The van der Waals surface area contributed by atoms with Crippen LogP contribution in [0.5, 0.6) is 11.5 Å². The molecule has 3 aromatic carbocycles. The molecular formula is C31H29ClN2O5S. The largest absolute Gasteiger partial charge is 0.507 e. The molecule has 1 aromatic heterocycles. The Morgan fingerprint density at radius 2 is 1.62 bits per heavy atom. The van der Waals surface area contributed by atoms with Gasteiger partial charge in [-0.1, -0.05) is 55.3 Å². The Morgan fingerprint density at radius 3 is 2.30 bits per heavy atom. The van der Waals surface area contributed by atoms with Gasteiger partial charge in [0, 0.05) is 10.6 Å². The van der Waals surface area contributed by atoms with Crippen LogP contribution >= 0.6 is 22.9 Å². The summed E-state index contributed by atoms with van der Waals surface area (Å²) in [5, 5.41) is 12.3. The molecule has 40 heavy (non-hydrogen) atoms. The number of ether oxygens (including phenoxy) is 2. The Hall–Kier alpha value is -3.88. The zero-order chi connectivity index (χ0) is 28.2. The van der Waals surface area contributed by atoms with Crippen LogP contribution in [-0.4, -0.2) is 35.0 Å². The molecular weight excluding hydrogens is 548 g/mol. The second-order valence-electron chi connectivity index (χ2n) is 9.42.